The highest BCUT2D eigenvalue weighted by Crippen LogP contribution is 2.16. The normalized spacial score (nSPS) is 9.92. The summed E-state index contributed by atoms with van der Waals surface area (Å²) in [6.45, 7) is 0. The van der Waals surface area contributed by atoms with Crippen LogP contribution < -0.4 is 0 Å². The van der Waals surface area contributed by atoms with E-state index in [1.54, 1.807) is 18.3 Å². The number of hydrogen-bond acceptors (Lipinski definition) is 1. The van der Waals surface area contributed by atoms with Gasteiger partial charge >= 0.3 is 0 Å². The first kappa shape index (κ1) is 7.92. The molecule has 2 rings (SSSR count). The Balaban J connectivity index is 2.42. The van der Waals surface area contributed by atoms with Crippen molar-refractivity contribution in [3.63, 3.8) is 0 Å². The van der Waals surface area contributed by atoms with E-state index in [1.165, 1.54) is 12.1 Å². The van der Waals surface area contributed by atoms with Gasteiger partial charge in [0.05, 0.1) is 6.20 Å². The van der Waals surface area contributed by atoms with Gasteiger partial charge in [-0.2, -0.15) is 0 Å². The van der Waals surface area contributed by atoms with E-state index in [0.29, 0.717) is 0 Å². The fourth-order valence-corrected chi connectivity index (χ4v) is 1.12. The minimum absolute atomic E-state index is 0.229. The second kappa shape index (κ2) is 3.35. The molecule has 1 aromatic heterocycles. The van der Waals surface area contributed by atoms with Crippen LogP contribution in [-0.2, 0) is 0 Å². The monoisotopic (exact) mass is 172 g/mol. The number of pyridine rings is 1. The summed E-state index contributed by atoms with van der Waals surface area (Å²) in [5.74, 6) is -0.229. The summed E-state index contributed by atoms with van der Waals surface area (Å²) in [5, 5.41) is 0. The van der Waals surface area contributed by atoms with Gasteiger partial charge in [0, 0.05) is 11.8 Å². The van der Waals surface area contributed by atoms with Gasteiger partial charge in [-0.05, 0) is 23.8 Å². The number of halogens is 1. The highest BCUT2D eigenvalue weighted by molar-refractivity contribution is 5.61. The lowest BCUT2D eigenvalue weighted by Crippen LogP contribution is -1.80. The zero-order valence-electron chi connectivity index (χ0n) is 6.87. The number of hydrogen-bond donors (Lipinski definition) is 0. The molecule has 63 valence electrons. The van der Waals surface area contributed by atoms with E-state index in [1.807, 2.05) is 12.1 Å². The Morgan fingerprint density at radius 1 is 1.08 bits per heavy atom. The summed E-state index contributed by atoms with van der Waals surface area (Å²) >= 11 is 0. The van der Waals surface area contributed by atoms with Crippen LogP contribution in [0.4, 0.5) is 4.39 Å². The van der Waals surface area contributed by atoms with E-state index in [2.05, 4.69) is 11.2 Å². The maximum absolute atomic E-state index is 12.6. The molecule has 13 heavy (non-hydrogen) atoms. The quantitative estimate of drug-likeness (QED) is 0.644. The van der Waals surface area contributed by atoms with Gasteiger partial charge in [-0.25, -0.2) is 4.39 Å². The van der Waals surface area contributed by atoms with Gasteiger partial charge in [0.2, 0.25) is 0 Å². The predicted octanol–water partition coefficient (Wildman–Crippen LogP) is 2.69. The van der Waals surface area contributed by atoms with Crippen LogP contribution in [0, 0.1) is 12.0 Å². The molecule has 1 heterocycles. The summed E-state index contributed by atoms with van der Waals surface area (Å²) in [6, 6.07) is 9.99. The lowest BCUT2D eigenvalue weighted by molar-refractivity contribution is 0.628. The number of rotatable bonds is 1. The van der Waals surface area contributed by atoms with Gasteiger partial charge in [-0.15, -0.1) is 0 Å². The molecule has 0 atom stereocenters. The Bertz CT molecular complexity index is 381. The summed E-state index contributed by atoms with van der Waals surface area (Å²) in [7, 11) is 0. The Morgan fingerprint density at radius 3 is 2.46 bits per heavy atom. The van der Waals surface area contributed by atoms with Crippen LogP contribution >= 0.6 is 0 Å². The number of aromatic nitrogens is 1. The van der Waals surface area contributed by atoms with Gasteiger partial charge < -0.3 is 0 Å². The Hall–Kier alpha value is -1.70. The molecule has 0 spiro atoms. The molecule has 0 saturated carbocycles. The maximum Gasteiger partial charge on any atom is 0.123 e. The zero-order chi connectivity index (χ0) is 9.10. The van der Waals surface area contributed by atoms with Crippen LogP contribution in [0.2, 0.25) is 0 Å². The summed E-state index contributed by atoms with van der Waals surface area (Å²) in [6.07, 6.45) is 4.49. The van der Waals surface area contributed by atoms with Gasteiger partial charge in [-0.3, -0.25) is 4.98 Å². The molecule has 1 nitrogen and oxygen atoms in total. The van der Waals surface area contributed by atoms with E-state index in [9.17, 15) is 4.39 Å². The summed E-state index contributed by atoms with van der Waals surface area (Å²) in [4.78, 5) is 3.86. The lowest BCUT2D eigenvalue weighted by atomic mass is 10.1. The Morgan fingerprint density at radius 2 is 1.85 bits per heavy atom. The van der Waals surface area contributed by atoms with Crippen molar-refractivity contribution < 1.29 is 4.39 Å². The van der Waals surface area contributed by atoms with E-state index < -0.39 is 0 Å². The molecular weight excluding hydrogens is 165 g/mol. The van der Waals surface area contributed by atoms with Crippen LogP contribution in [0.1, 0.15) is 0 Å². The van der Waals surface area contributed by atoms with Gasteiger partial charge in [0.15, 0.2) is 0 Å². The van der Waals surface area contributed by atoms with Crippen molar-refractivity contribution in [1.29, 1.82) is 0 Å². The Labute approximate surface area is 75.9 Å². The average molecular weight is 172 g/mol. The fraction of sp³-hybridized carbons (Fsp3) is 0. The third-order valence-electron chi connectivity index (χ3n) is 1.76. The molecule has 2 heteroatoms. The van der Waals surface area contributed by atoms with E-state index in [-0.39, 0.29) is 5.82 Å². The topological polar surface area (TPSA) is 12.9 Å². The minimum Gasteiger partial charge on any atom is -0.254 e. The van der Waals surface area contributed by atoms with E-state index >= 15 is 0 Å². The molecule has 0 fully saturated rings. The molecule has 0 amide bonds. The van der Waals surface area contributed by atoms with E-state index in [0.717, 1.165) is 11.1 Å². The first-order valence-corrected chi connectivity index (χ1v) is 3.95. The third-order valence-corrected chi connectivity index (χ3v) is 1.76. The zero-order valence-corrected chi connectivity index (χ0v) is 6.87. The molecule has 0 saturated heterocycles. The highest BCUT2D eigenvalue weighted by atomic mass is 19.1. The number of benzene rings is 1. The molecular formula is C11H7FN. The van der Waals surface area contributed by atoms with Crippen LogP contribution in [0.5, 0.6) is 0 Å². The molecule has 0 unspecified atom stereocenters. The highest BCUT2D eigenvalue weighted by Gasteiger charge is 1.96. The van der Waals surface area contributed by atoms with Crippen molar-refractivity contribution >= 4 is 0 Å². The van der Waals surface area contributed by atoms with Crippen LogP contribution in [-0.4, -0.2) is 4.98 Å². The molecule has 1 aromatic carbocycles. The second-order valence-corrected chi connectivity index (χ2v) is 2.67. The number of nitrogens with zero attached hydrogens (tertiary/aromatic N) is 1. The fourth-order valence-electron chi connectivity index (χ4n) is 1.12. The summed E-state index contributed by atoms with van der Waals surface area (Å²) in [5.41, 5.74) is 1.80. The van der Waals surface area contributed by atoms with E-state index in [4.69, 9.17) is 0 Å². The van der Waals surface area contributed by atoms with Crippen molar-refractivity contribution in [1.82, 2.24) is 4.98 Å². The van der Waals surface area contributed by atoms with Crippen molar-refractivity contribution in [2.24, 2.45) is 0 Å². The van der Waals surface area contributed by atoms with Crippen LogP contribution in [0.25, 0.3) is 11.1 Å². The molecule has 0 aliphatic carbocycles. The Kier molecular flexibility index (Phi) is 2.04. The molecule has 0 aliphatic rings. The van der Waals surface area contributed by atoms with Gasteiger partial charge in [-0.1, -0.05) is 18.2 Å². The van der Waals surface area contributed by atoms with Crippen LogP contribution in [0.15, 0.2) is 42.6 Å². The lowest BCUT2D eigenvalue weighted by Gasteiger charge is -1.98. The third kappa shape index (κ3) is 1.72. The predicted molar refractivity (Wildman–Crippen MR) is 48.5 cm³/mol. The molecule has 0 aliphatic heterocycles. The molecule has 0 bridgehead atoms. The smallest absolute Gasteiger partial charge is 0.123 e. The SMILES string of the molecule is Fc1ccc(-c2[c]nccc2)cc1. The largest absolute Gasteiger partial charge is 0.254 e. The van der Waals surface area contributed by atoms with Gasteiger partial charge in [0.25, 0.3) is 0 Å². The van der Waals surface area contributed by atoms with Crippen molar-refractivity contribution in [3.8, 4) is 11.1 Å². The molecule has 2 aromatic rings. The standard InChI is InChI=1S/C11H7FN/c12-11-5-3-9(4-6-11)10-2-1-7-13-8-10/h1-7H. The molecule has 0 N–H and O–H groups in total. The first-order valence-electron chi connectivity index (χ1n) is 3.95. The van der Waals surface area contributed by atoms with Gasteiger partial charge in [0.1, 0.15) is 5.82 Å². The van der Waals surface area contributed by atoms with Crippen LogP contribution in [0.3, 0.4) is 0 Å². The summed E-state index contributed by atoms with van der Waals surface area (Å²) < 4.78 is 12.6. The van der Waals surface area contributed by atoms with Crippen molar-refractivity contribution in [2.45, 2.75) is 0 Å². The van der Waals surface area contributed by atoms with Crippen molar-refractivity contribution in [2.75, 3.05) is 0 Å². The maximum atomic E-state index is 12.6. The minimum atomic E-state index is -0.229. The van der Waals surface area contributed by atoms with Crippen molar-refractivity contribution in [3.05, 3.63) is 54.6 Å². The first-order chi connectivity index (χ1) is 6.36. The molecule has 1 radical (unpaired) electrons. The second-order valence-electron chi connectivity index (χ2n) is 2.67. The average Bonchev–Trinajstić information content (AvgIpc) is 2.20.